The van der Waals surface area contributed by atoms with Gasteiger partial charge in [-0.3, -0.25) is 14.4 Å². The van der Waals surface area contributed by atoms with E-state index in [4.69, 9.17) is 0 Å². The van der Waals surface area contributed by atoms with Crippen LogP contribution in [0.4, 0.5) is 5.69 Å². The Bertz CT molecular complexity index is 852. The molecule has 0 unspecified atom stereocenters. The molecular weight excluding hydrogens is 344 g/mol. The number of anilines is 1. The number of benzene rings is 1. The molecule has 1 aromatic carbocycles. The van der Waals surface area contributed by atoms with Gasteiger partial charge in [-0.05, 0) is 24.3 Å². The molecule has 138 valence electrons. The molecular formula is C20H20N4O3. The van der Waals surface area contributed by atoms with Crippen molar-refractivity contribution in [2.75, 3.05) is 18.0 Å². The predicted octanol–water partition coefficient (Wildman–Crippen LogP) is 1.32. The Labute approximate surface area is 156 Å². The Morgan fingerprint density at radius 2 is 1.81 bits per heavy atom. The average Bonchev–Trinajstić information content (AvgIpc) is 3.48. The van der Waals surface area contributed by atoms with Gasteiger partial charge in [-0.1, -0.05) is 30.3 Å². The molecule has 2 aromatic rings. The molecule has 1 aliphatic carbocycles. The van der Waals surface area contributed by atoms with Gasteiger partial charge in [0.2, 0.25) is 11.7 Å². The summed E-state index contributed by atoms with van der Waals surface area (Å²) in [4.78, 5) is 47.7. The molecule has 1 N–H and O–H groups in total. The zero-order valence-electron chi connectivity index (χ0n) is 14.7. The third-order valence-electron chi connectivity index (χ3n) is 5.14. The second-order valence-corrected chi connectivity index (χ2v) is 7.06. The molecule has 0 spiro atoms. The normalized spacial score (nSPS) is 21.9. The van der Waals surface area contributed by atoms with Crippen molar-refractivity contribution in [1.29, 1.82) is 0 Å². The highest BCUT2D eigenvalue weighted by atomic mass is 16.2. The molecule has 4 rings (SSSR count). The minimum absolute atomic E-state index is 0.140. The van der Waals surface area contributed by atoms with Crippen LogP contribution in [0.5, 0.6) is 0 Å². The van der Waals surface area contributed by atoms with E-state index in [1.807, 2.05) is 30.3 Å². The zero-order chi connectivity index (χ0) is 18.8. The zero-order valence-corrected chi connectivity index (χ0v) is 14.7. The van der Waals surface area contributed by atoms with Gasteiger partial charge in [0.25, 0.3) is 5.91 Å². The van der Waals surface area contributed by atoms with Gasteiger partial charge >= 0.3 is 0 Å². The molecule has 2 atom stereocenters. The maximum Gasteiger partial charge on any atom is 0.287 e. The fourth-order valence-corrected chi connectivity index (χ4v) is 3.48. The molecule has 7 heteroatoms. The number of hydrogen-bond acceptors (Lipinski definition) is 5. The summed E-state index contributed by atoms with van der Waals surface area (Å²) in [6.45, 7) is 0.666. The molecule has 0 bridgehead atoms. The van der Waals surface area contributed by atoms with E-state index in [0.717, 1.165) is 18.4 Å². The lowest BCUT2D eigenvalue weighted by atomic mass is 9.85. The summed E-state index contributed by atoms with van der Waals surface area (Å²) in [7, 11) is 0. The number of nitrogens with one attached hydrogen (secondary N) is 1. The van der Waals surface area contributed by atoms with E-state index in [-0.39, 0.29) is 12.5 Å². The quantitative estimate of drug-likeness (QED) is 0.781. The van der Waals surface area contributed by atoms with Crippen LogP contribution in [0.25, 0.3) is 0 Å². The largest absolute Gasteiger partial charge is 0.349 e. The Hall–Kier alpha value is -3.09. The van der Waals surface area contributed by atoms with Gasteiger partial charge in [0.05, 0.1) is 29.9 Å². The van der Waals surface area contributed by atoms with E-state index in [0.29, 0.717) is 18.2 Å². The van der Waals surface area contributed by atoms with Crippen molar-refractivity contribution in [3.05, 3.63) is 54.6 Å². The third-order valence-corrected chi connectivity index (χ3v) is 5.14. The molecule has 1 aromatic heterocycles. The summed E-state index contributed by atoms with van der Waals surface area (Å²) in [6.07, 6.45) is 6.63. The van der Waals surface area contributed by atoms with E-state index >= 15 is 0 Å². The first-order chi connectivity index (χ1) is 13.1. The van der Waals surface area contributed by atoms with E-state index in [2.05, 4.69) is 15.3 Å². The van der Waals surface area contributed by atoms with E-state index < -0.39 is 23.5 Å². The van der Waals surface area contributed by atoms with E-state index in [1.165, 1.54) is 23.6 Å². The highest BCUT2D eigenvalue weighted by Gasteiger charge is 2.47. The van der Waals surface area contributed by atoms with Crippen LogP contribution in [-0.2, 0) is 14.4 Å². The summed E-state index contributed by atoms with van der Waals surface area (Å²) < 4.78 is 0. The highest BCUT2D eigenvalue weighted by Crippen LogP contribution is 2.37. The van der Waals surface area contributed by atoms with Gasteiger partial charge in [0.15, 0.2) is 0 Å². The molecule has 1 saturated carbocycles. The SMILES string of the molecule is O=C(NCC1CC1)C(=O)[C@H]1CN(c2cncnc2)C(=O)[C@@H]1c1ccccc1. The summed E-state index contributed by atoms with van der Waals surface area (Å²) in [5, 5.41) is 2.72. The molecule has 2 fully saturated rings. The summed E-state index contributed by atoms with van der Waals surface area (Å²) in [5.74, 6) is -2.31. The van der Waals surface area contributed by atoms with Crippen LogP contribution in [0.3, 0.4) is 0 Å². The van der Waals surface area contributed by atoms with Crippen LogP contribution in [0.1, 0.15) is 24.3 Å². The number of aromatic nitrogens is 2. The topological polar surface area (TPSA) is 92.3 Å². The second kappa shape index (κ2) is 7.26. The van der Waals surface area contributed by atoms with Gasteiger partial charge < -0.3 is 10.2 Å². The van der Waals surface area contributed by atoms with Crippen molar-refractivity contribution in [2.24, 2.45) is 11.8 Å². The standard InChI is InChI=1S/C20H20N4O3/c25-18(19(26)23-8-13-6-7-13)16-11-24(15-9-21-12-22-10-15)20(27)17(16)14-4-2-1-3-5-14/h1-5,9-10,12-13,16-17H,6-8,11H2,(H,23,26)/t16-,17+/m0/s1. The van der Waals surface area contributed by atoms with Crippen LogP contribution in [0.15, 0.2) is 49.1 Å². The Morgan fingerprint density at radius 1 is 1.11 bits per heavy atom. The number of Topliss-reactive ketones (excluding diaryl/α,β-unsaturated/α-hetero) is 1. The van der Waals surface area contributed by atoms with Gasteiger partial charge in [0.1, 0.15) is 6.33 Å². The molecule has 27 heavy (non-hydrogen) atoms. The third kappa shape index (κ3) is 3.58. The number of amides is 2. The summed E-state index contributed by atoms with van der Waals surface area (Å²) >= 11 is 0. The second-order valence-electron chi connectivity index (χ2n) is 7.06. The van der Waals surface area contributed by atoms with E-state index in [1.54, 1.807) is 0 Å². The molecule has 0 radical (unpaired) electrons. The van der Waals surface area contributed by atoms with Crippen LogP contribution >= 0.6 is 0 Å². The lowest BCUT2D eigenvalue weighted by Gasteiger charge is -2.16. The van der Waals surface area contributed by atoms with Gasteiger partial charge in [-0.15, -0.1) is 0 Å². The monoisotopic (exact) mass is 364 g/mol. The molecule has 2 aliphatic rings. The molecule has 7 nitrogen and oxygen atoms in total. The summed E-state index contributed by atoms with van der Waals surface area (Å²) in [6, 6.07) is 9.13. The minimum Gasteiger partial charge on any atom is -0.349 e. The van der Waals surface area contributed by atoms with Gasteiger partial charge in [0, 0.05) is 13.1 Å². The summed E-state index contributed by atoms with van der Waals surface area (Å²) in [5.41, 5.74) is 1.26. The smallest absolute Gasteiger partial charge is 0.287 e. The Kier molecular flexibility index (Phi) is 4.66. The molecule has 1 aliphatic heterocycles. The predicted molar refractivity (Wildman–Crippen MR) is 97.8 cm³/mol. The van der Waals surface area contributed by atoms with Crippen molar-refractivity contribution in [2.45, 2.75) is 18.8 Å². The average molecular weight is 364 g/mol. The van der Waals surface area contributed by atoms with Crippen molar-refractivity contribution in [3.8, 4) is 0 Å². The number of carbonyl (C=O) groups excluding carboxylic acids is 3. The van der Waals surface area contributed by atoms with Crippen LogP contribution in [0, 0.1) is 11.8 Å². The van der Waals surface area contributed by atoms with Crippen LogP contribution in [-0.4, -0.2) is 40.7 Å². The van der Waals surface area contributed by atoms with Crippen LogP contribution < -0.4 is 10.2 Å². The fourth-order valence-electron chi connectivity index (χ4n) is 3.48. The Balaban J connectivity index is 1.61. The van der Waals surface area contributed by atoms with Gasteiger partial charge in [-0.2, -0.15) is 0 Å². The number of nitrogens with zero attached hydrogens (tertiary/aromatic N) is 3. The lowest BCUT2D eigenvalue weighted by molar-refractivity contribution is -0.140. The fraction of sp³-hybridized carbons (Fsp3) is 0.350. The number of hydrogen-bond donors (Lipinski definition) is 1. The highest BCUT2D eigenvalue weighted by molar-refractivity contribution is 6.38. The minimum atomic E-state index is -0.737. The molecule has 2 amide bonds. The van der Waals surface area contributed by atoms with Crippen molar-refractivity contribution >= 4 is 23.3 Å². The maximum atomic E-state index is 13.1. The number of ketones is 1. The molecule has 2 heterocycles. The number of rotatable bonds is 6. The Morgan fingerprint density at radius 3 is 2.48 bits per heavy atom. The maximum absolute atomic E-state index is 13.1. The molecule has 1 saturated heterocycles. The first-order valence-corrected chi connectivity index (χ1v) is 9.08. The number of carbonyl (C=O) groups is 3. The van der Waals surface area contributed by atoms with Crippen LogP contribution in [0.2, 0.25) is 0 Å². The first-order valence-electron chi connectivity index (χ1n) is 9.08. The van der Waals surface area contributed by atoms with Crippen molar-refractivity contribution in [1.82, 2.24) is 15.3 Å². The lowest BCUT2D eigenvalue weighted by Crippen LogP contribution is -2.38. The first kappa shape index (κ1) is 17.3. The van der Waals surface area contributed by atoms with Crippen molar-refractivity contribution in [3.63, 3.8) is 0 Å². The van der Waals surface area contributed by atoms with Crippen molar-refractivity contribution < 1.29 is 14.4 Å². The van der Waals surface area contributed by atoms with Gasteiger partial charge in [-0.25, -0.2) is 9.97 Å². The van der Waals surface area contributed by atoms with E-state index in [9.17, 15) is 14.4 Å².